The Balaban J connectivity index is 2.48. The number of esters is 1. The topological polar surface area (TPSA) is 90.4 Å². The van der Waals surface area contributed by atoms with Crippen molar-refractivity contribution >= 4 is 11.8 Å². The van der Waals surface area contributed by atoms with E-state index in [0.29, 0.717) is 5.82 Å². The van der Waals surface area contributed by atoms with E-state index in [-0.39, 0.29) is 13.2 Å². The Morgan fingerprint density at radius 3 is 3.07 bits per heavy atom. The molecule has 3 N–H and O–H groups in total. The Morgan fingerprint density at radius 1 is 1.86 bits per heavy atom. The zero-order chi connectivity index (χ0) is 10.6. The van der Waals surface area contributed by atoms with Crippen molar-refractivity contribution in [3.8, 4) is 0 Å². The van der Waals surface area contributed by atoms with E-state index < -0.39 is 12.1 Å². The van der Waals surface area contributed by atoms with Crippen molar-refractivity contribution in [2.75, 3.05) is 12.3 Å². The van der Waals surface area contributed by atoms with Crippen LogP contribution in [-0.2, 0) is 16.1 Å². The van der Waals surface area contributed by atoms with E-state index in [9.17, 15) is 9.90 Å². The van der Waals surface area contributed by atoms with Gasteiger partial charge >= 0.3 is 5.97 Å². The number of carbonyl (C=O) groups is 1. The number of hydrogen-bond acceptors (Lipinski definition) is 5. The second kappa shape index (κ2) is 4.61. The maximum Gasteiger partial charge on any atom is 0.336 e. The molecule has 1 aromatic rings. The van der Waals surface area contributed by atoms with Gasteiger partial charge in [-0.25, -0.2) is 4.79 Å². The first-order valence-corrected chi connectivity index (χ1v) is 4.27. The Morgan fingerprint density at radius 2 is 2.57 bits per heavy atom. The molecule has 1 unspecified atom stereocenters. The van der Waals surface area contributed by atoms with Crippen LogP contribution in [-0.4, -0.2) is 33.6 Å². The first-order chi connectivity index (χ1) is 6.63. The second-order valence-corrected chi connectivity index (χ2v) is 2.73. The number of carbonyl (C=O) groups excluding carboxylic acids is 1. The monoisotopic (exact) mass is 199 g/mol. The number of ether oxygens (including phenoxy) is 1. The van der Waals surface area contributed by atoms with Crippen LogP contribution >= 0.6 is 0 Å². The fourth-order valence-corrected chi connectivity index (χ4v) is 0.969. The normalized spacial score (nSPS) is 12.4. The Labute approximate surface area is 81.3 Å². The summed E-state index contributed by atoms with van der Waals surface area (Å²) in [6, 6.07) is 1.58. The number of hydrogen-bond donors (Lipinski definition) is 2. The van der Waals surface area contributed by atoms with Gasteiger partial charge < -0.3 is 15.6 Å². The Bertz CT molecular complexity index is 311. The Kier molecular flexibility index (Phi) is 3.47. The van der Waals surface area contributed by atoms with Crippen LogP contribution < -0.4 is 5.73 Å². The van der Waals surface area contributed by atoms with Crippen LogP contribution in [0.1, 0.15) is 6.92 Å². The first-order valence-electron chi connectivity index (χ1n) is 4.27. The molecule has 0 radical (unpaired) electrons. The maximum absolute atomic E-state index is 11.0. The molecule has 6 heteroatoms. The molecule has 0 fully saturated rings. The number of nitrogens with zero attached hydrogens (tertiary/aromatic N) is 2. The molecule has 0 aliphatic carbocycles. The van der Waals surface area contributed by atoms with Gasteiger partial charge in [-0.15, -0.1) is 0 Å². The summed E-state index contributed by atoms with van der Waals surface area (Å²) in [4.78, 5) is 11.0. The zero-order valence-electron chi connectivity index (χ0n) is 7.88. The summed E-state index contributed by atoms with van der Waals surface area (Å²) in [6.07, 6.45) is 0.381. The SMILES string of the molecule is CCOC(=O)C(O)Cn1ccc(N)n1. The molecular weight excluding hydrogens is 186 g/mol. The summed E-state index contributed by atoms with van der Waals surface area (Å²) < 4.78 is 6.01. The van der Waals surface area contributed by atoms with Crippen molar-refractivity contribution in [3.05, 3.63) is 12.3 Å². The highest BCUT2D eigenvalue weighted by Crippen LogP contribution is 1.99. The predicted octanol–water partition coefficient (Wildman–Crippen LogP) is -0.611. The smallest absolute Gasteiger partial charge is 0.336 e. The van der Waals surface area contributed by atoms with Crippen molar-refractivity contribution in [1.82, 2.24) is 9.78 Å². The number of rotatable bonds is 4. The van der Waals surface area contributed by atoms with Gasteiger partial charge in [0.1, 0.15) is 5.82 Å². The molecule has 0 saturated carbocycles. The van der Waals surface area contributed by atoms with Gasteiger partial charge in [0.25, 0.3) is 0 Å². The molecule has 78 valence electrons. The van der Waals surface area contributed by atoms with E-state index in [4.69, 9.17) is 5.73 Å². The van der Waals surface area contributed by atoms with Crippen molar-refractivity contribution in [1.29, 1.82) is 0 Å². The van der Waals surface area contributed by atoms with Crippen molar-refractivity contribution in [2.24, 2.45) is 0 Å². The minimum atomic E-state index is -1.20. The highest BCUT2D eigenvalue weighted by Gasteiger charge is 2.16. The molecule has 0 aliphatic heterocycles. The number of aliphatic hydroxyl groups is 1. The summed E-state index contributed by atoms with van der Waals surface area (Å²) in [6.45, 7) is 1.98. The van der Waals surface area contributed by atoms with E-state index in [1.165, 1.54) is 4.68 Å². The first kappa shape index (κ1) is 10.5. The van der Waals surface area contributed by atoms with Crippen molar-refractivity contribution in [2.45, 2.75) is 19.6 Å². The number of aliphatic hydroxyl groups excluding tert-OH is 1. The molecule has 0 aliphatic rings. The molecule has 0 bridgehead atoms. The van der Waals surface area contributed by atoms with E-state index in [1.54, 1.807) is 19.2 Å². The van der Waals surface area contributed by atoms with E-state index in [0.717, 1.165) is 0 Å². The maximum atomic E-state index is 11.0. The predicted molar refractivity (Wildman–Crippen MR) is 49.3 cm³/mol. The van der Waals surface area contributed by atoms with Gasteiger partial charge in [0, 0.05) is 6.20 Å². The molecule has 6 nitrogen and oxygen atoms in total. The minimum absolute atomic E-state index is 0.0516. The lowest BCUT2D eigenvalue weighted by Crippen LogP contribution is -2.28. The summed E-state index contributed by atoms with van der Waals surface area (Å²) in [5, 5.41) is 13.2. The average Bonchev–Trinajstić information content (AvgIpc) is 2.51. The zero-order valence-corrected chi connectivity index (χ0v) is 7.88. The second-order valence-electron chi connectivity index (χ2n) is 2.73. The van der Waals surface area contributed by atoms with Gasteiger partial charge in [0.15, 0.2) is 6.10 Å². The number of nitrogen functional groups attached to an aromatic ring is 1. The number of anilines is 1. The van der Waals surface area contributed by atoms with Gasteiger partial charge in [-0.1, -0.05) is 0 Å². The lowest BCUT2D eigenvalue weighted by atomic mass is 10.3. The molecular formula is C8H13N3O3. The third kappa shape index (κ3) is 2.74. The van der Waals surface area contributed by atoms with Gasteiger partial charge in [-0.05, 0) is 13.0 Å². The fourth-order valence-electron chi connectivity index (χ4n) is 0.969. The third-order valence-electron chi connectivity index (χ3n) is 1.58. The molecule has 1 rings (SSSR count). The molecule has 1 atom stereocenters. The van der Waals surface area contributed by atoms with Crippen LogP contribution in [0, 0.1) is 0 Å². The fraction of sp³-hybridized carbons (Fsp3) is 0.500. The highest BCUT2D eigenvalue weighted by molar-refractivity contribution is 5.74. The van der Waals surface area contributed by atoms with Crippen LogP contribution in [0.5, 0.6) is 0 Å². The molecule has 14 heavy (non-hydrogen) atoms. The molecule has 0 spiro atoms. The van der Waals surface area contributed by atoms with E-state index in [1.807, 2.05) is 0 Å². The third-order valence-corrected chi connectivity index (χ3v) is 1.58. The van der Waals surface area contributed by atoms with Crippen LogP contribution in [0.15, 0.2) is 12.3 Å². The van der Waals surface area contributed by atoms with E-state index in [2.05, 4.69) is 9.84 Å². The summed E-state index contributed by atoms with van der Waals surface area (Å²) >= 11 is 0. The molecule has 1 aromatic heterocycles. The molecule has 0 amide bonds. The van der Waals surface area contributed by atoms with Crippen LogP contribution in [0.2, 0.25) is 0 Å². The largest absolute Gasteiger partial charge is 0.464 e. The molecule has 0 aromatic carbocycles. The lowest BCUT2D eigenvalue weighted by molar-refractivity contribution is -0.153. The molecule has 1 heterocycles. The molecule has 0 saturated heterocycles. The van der Waals surface area contributed by atoms with Crippen LogP contribution in [0.4, 0.5) is 5.82 Å². The number of nitrogens with two attached hydrogens (primary N) is 1. The van der Waals surface area contributed by atoms with Crippen molar-refractivity contribution in [3.63, 3.8) is 0 Å². The van der Waals surface area contributed by atoms with Crippen LogP contribution in [0.25, 0.3) is 0 Å². The lowest BCUT2D eigenvalue weighted by Gasteiger charge is -2.08. The summed E-state index contributed by atoms with van der Waals surface area (Å²) in [5.74, 6) is -0.303. The van der Waals surface area contributed by atoms with Gasteiger partial charge in [0.05, 0.1) is 13.2 Å². The average molecular weight is 199 g/mol. The quantitative estimate of drug-likeness (QED) is 0.631. The standard InChI is InChI=1S/C8H13N3O3/c1-2-14-8(13)6(12)5-11-4-3-7(9)10-11/h3-4,6,12H,2,5H2,1H3,(H2,9,10). The van der Waals surface area contributed by atoms with Gasteiger partial charge in [0.2, 0.25) is 0 Å². The minimum Gasteiger partial charge on any atom is -0.464 e. The Hall–Kier alpha value is -1.56. The summed E-state index contributed by atoms with van der Waals surface area (Å²) in [5.41, 5.74) is 5.36. The van der Waals surface area contributed by atoms with Gasteiger partial charge in [-0.3, -0.25) is 4.68 Å². The van der Waals surface area contributed by atoms with Crippen molar-refractivity contribution < 1.29 is 14.6 Å². The van der Waals surface area contributed by atoms with E-state index >= 15 is 0 Å². The number of aromatic nitrogens is 2. The summed E-state index contributed by atoms with van der Waals surface area (Å²) in [7, 11) is 0. The highest BCUT2D eigenvalue weighted by atomic mass is 16.5. The van der Waals surface area contributed by atoms with Gasteiger partial charge in [-0.2, -0.15) is 5.10 Å². The van der Waals surface area contributed by atoms with Crippen LogP contribution in [0.3, 0.4) is 0 Å².